The fraction of sp³-hybridized carbons (Fsp3) is 0.500. The van der Waals surface area contributed by atoms with Gasteiger partial charge in [0.05, 0.1) is 19.3 Å². The molecular weight excluding hydrogens is 204 g/mol. The zero-order chi connectivity index (χ0) is 12.2. The molecule has 4 heteroatoms. The van der Waals surface area contributed by atoms with E-state index in [1.807, 2.05) is 43.1 Å². The van der Waals surface area contributed by atoms with Gasteiger partial charge in [-0.3, -0.25) is 0 Å². The van der Waals surface area contributed by atoms with Gasteiger partial charge in [0, 0.05) is 25.3 Å². The topological polar surface area (TPSA) is 58.7 Å². The quantitative estimate of drug-likeness (QED) is 0.778. The molecule has 0 radical (unpaired) electrons. The van der Waals surface area contributed by atoms with Gasteiger partial charge in [-0.2, -0.15) is 0 Å². The fourth-order valence-electron chi connectivity index (χ4n) is 1.53. The van der Waals surface area contributed by atoms with Crippen molar-refractivity contribution >= 4 is 5.69 Å². The van der Waals surface area contributed by atoms with E-state index in [1.165, 1.54) is 0 Å². The van der Waals surface area contributed by atoms with Gasteiger partial charge in [0.1, 0.15) is 5.75 Å². The minimum absolute atomic E-state index is 0.0404. The minimum atomic E-state index is -0.599. The highest BCUT2D eigenvalue weighted by molar-refractivity contribution is 5.50. The molecule has 0 saturated carbocycles. The Morgan fingerprint density at radius 1 is 1.50 bits per heavy atom. The normalized spacial score (nSPS) is 14.3. The first-order chi connectivity index (χ1) is 7.48. The molecule has 16 heavy (non-hydrogen) atoms. The summed E-state index contributed by atoms with van der Waals surface area (Å²) >= 11 is 0. The number of anilines is 1. The SMILES string of the molecule is COc1cccc(N(C)CC(C)(N)CO)c1. The maximum atomic E-state index is 9.11. The highest BCUT2D eigenvalue weighted by atomic mass is 16.5. The van der Waals surface area contributed by atoms with Gasteiger partial charge in [-0.05, 0) is 19.1 Å². The van der Waals surface area contributed by atoms with E-state index < -0.39 is 5.54 Å². The summed E-state index contributed by atoms with van der Waals surface area (Å²) in [7, 11) is 3.58. The lowest BCUT2D eigenvalue weighted by Crippen LogP contribution is -2.49. The lowest BCUT2D eigenvalue weighted by molar-refractivity contribution is 0.212. The Morgan fingerprint density at radius 3 is 2.75 bits per heavy atom. The largest absolute Gasteiger partial charge is 0.497 e. The third kappa shape index (κ3) is 3.40. The van der Waals surface area contributed by atoms with E-state index >= 15 is 0 Å². The summed E-state index contributed by atoms with van der Waals surface area (Å²) in [6, 6.07) is 7.74. The second-order valence-corrected chi connectivity index (χ2v) is 4.37. The molecule has 0 aromatic heterocycles. The van der Waals surface area contributed by atoms with Gasteiger partial charge < -0.3 is 20.5 Å². The summed E-state index contributed by atoms with van der Waals surface area (Å²) in [5.74, 6) is 0.812. The number of nitrogens with two attached hydrogens (primary N) is 1. The molecule has 1 unspecified atom stereocenters. The second-order valence-electron chi connectivity index (χ2n) is 4.37. The molecule has 0 saturated heterocycles. The molecule has 4 nitrogen and oxygen atoms in total. The smallest absolute Gasteiger partial charge is 0.120 e. The average molecular weight is 224 g/mol. The van der Waals surface area contributed by atoms with Crippen molar-refractivity contribution in [3.63, 3.8) is 0 Å². The number of nitrogens with zero attached hydrogens (tertiary/aromatic N) is 1. The van der Waals surface area contributed by atoms with Gasteiger partial charge in [0.2, 0.25) is 0 Å². The van der Waals surface area contributed by atoms with Gasteiger partial charge in [-0.1, -0.05) is 6.07 Å². The predicted molar refractivity (Wildman–Crippen MR) is 65.9 cm³/mol. The van der Waals surface area contributed by atoms with E-state index in [0.29, 0.717) is 6.54 Å². The average Bonchev–Trinajstić information content (AvgIpc) is 2.28. The molecular formula is C12H20N2O2. The van der Waals surface area contributed by atoms with Gasteiger partial charge in [-0.15, -0.1) is 0 Å². The lowest BCUT2D eigenvalue weighted by atomic mass is 10.1. The van der Waals surface area contributed by atoms with Crippen LogP contribution in [-0.2, 0) is 0 Å². The summed E-state index contributed by atoms with van der Waals surface area (Å²) in [5.41, 5.74) is 6.32. The van der Waals surface area contributed by atoms with Crippen molar-refractivity contribution in [1.82, 2.24) is 0 Å². The maximum absolute atomic E-state index is 9.11. The highest BCUT2D eigenvalue weighted by Crippen LogP contribution is 2.20. The van der Waals surface area contributed by atoms with Crippen molar-refractivity contribution < 1.29 is 9.84 Å². The van der Waals surface area contributed by atoms with Crippen LogP contribution in [0, 0.1) is 0 Å². The first kappa shape index (κ1) is 12.8. The van der Waals surface area contributed by atoms with E-state index in [4.69, 9.17) is 15.6 Å². The van der Waals surface area contributed by atoms with Crippen LogP contribution >= 0.6 is 0 Å². The van der Waals surface area contributed by atoms with E-state index in [9.17, 15) is 0 Å². The first-order valence-electron chi connectivity index (χ1n) is 5.23. The number of aliphatic hydroxyl groups is 1. The minimum Gasteiger partial charge on any atom is -0.497 e. The molecule has 0 aliphatic heterocycles. The van der Waals surface area contributed by atoms with Crippen LogP contribution in [0.1, 0.15) is 6.92 Å². The lowest BCUT2D eigenvalue weighted by Gasteiger charge is -2.29. The Balaban J connectivity index is 2.76. The molecule has 1 aromatic rings. The van der Waals surface area contributed by atoms with Crippen molar-refractivity contribution in [3.05, 3.63) is 24.3 Å². The van der Waals surface area contributed by atoms with Gasteiger partial charge >= 0.3 is 0 Å². The molecule has 0 aliphatic carbocycles. The van der Waals surface area contributed by atoms with Crippen LogP contribution in [0.15, 0.2) is 24.3 Å². The molecule has 3 N–H and O–H groups in total. The third-order valence-electron chi connectivity index (χ3n) is 2.45. The van der Waals surface area contributed by atoms with E-state index in [0.717, 1.165) is 11.4 Å². The predicted octanol–water partition coefficient (Wildman–Crippen LogP) is 0.841. The fourth-order valence-corrected chi connectivity index (χ4v) is 1.53. The molecule has 90 valence electrons. The van der Waals surface area contributed by atoms with Crippen molar-refractivity contribution in [2.45, 2.75) is 12.5 Å². The number of aliphatic hydroxyl groups excluding tert-OH is 1. The van der Waals surface area contributed by atoms with Crippen LogP contribution < -0.4 is 15.4 Å². The third-order valence-corrected chi connectivity index (χ3v) is 2.45. The second kappa shape index (κ2) is 5.18. The molecule has 1 rings (SSSR count). The van der Waals surface area contributed by atoms with Crippen LogP contribution in [0.25, 0.3) is 0 Å². The first-order valence-corrected chi connectivity index (χ1v) is 5.23. The standard InChI is InChI=1S/C12H20N2O2/c1-12(13,9-15)8-14(2)10-5-4-6-11(7-10)16-3/h4-7,15H,8-9,13H2,1-3H3. The molecule has 1 aromatic carbocycles. The van der Waals surface area contributed by atoms with Gasteiger partial charge in [0.15, 0.2) is 0 Å². The Kier molecular flexibility index (Phi) is 4.15. The Hall–Kier alpha value is -1.26. The molecule has 0 spiro atoms. The number of likely N-dealkylation sites (N-methyl/N-ethyl adjacent to an activating group) is 1. The summed E-state index contributed by atoms with van der Waals surface area (Å²) in [6.45, 7) is 2.36. The molecule has 1 atom stereocenters. The van der Waals surface area contributed by atoms with Gasteiger partial charge in [0.25, 0.3) is 0 Å². The zero-order valence-electron chi connectivity index (χ0n) is 10.1. The van der Waals surface area contributed by atoms with E-state index in [-0.39, 0.29) is 6.61 Å². The van der Waals surface area contributed by atoms with Crippen LogP contribution in [0.3, 0.4) is 0 Å². The number of hydrogen-bond acceptors (Lipinski definition) is 4. The molecule has 0 fully saturated rings. The summed E-state index contributed by atoms with van der Waals surface area (Å²) < 4.78 is 5.15. The molecule has 0 aliphatic rings. The van der Waals surface area contributed by atoms with Crippen LogP contribution in [0.5, 0.6) is 5.75 Å². The molecule has 0 bridgehead atoms. The van der Waals surface area contributed by atoms with Crippen LogP contribution in [0.4, 0.5) is 5.69 Å². The zero-order valence-corrected chi connectivity index (χ0v) is 10.1. The van der Waals surface area contributed by atoms with Crippen molar-refractivity contribution in [2.75, 3.05) is 32.2 Å². The van der Waals surface area contributed by atoms with Crippen LogP contribution in [-0.4, -0.2) is 38.0 Å². The number of benzene rings is 1. The number of methoxy groups -OCH3 is 1. The Bertz CT molecular complexity index is 340. The molecule has 0 heterocycles. The Morgan fingerprint density at radius 2 is 2.19 bits per heavy atom. The maximum Gasteiger partial charge on any atom is 0.120 e. The van der Waals surface area contributed by atoms with Crippen LogP contribution in [0.2, 0.25) is 0 Å². The van der Waals surface area contributed by atoms with Crippen molar-refractivity contribution in [2.24, 2.45) is 5.73 Å². The van der Waals surface area contributed by atoms with E-state index in [1.54, 1.807) is 7.11 Å². The van der Waals surface area contributed by atoms with Gasteiger partial charge in [-0.25, -0.2) is 0 Å². The highest BCUT2D eigenvalue weighted by Gasteiger charge is 2.19. The van der Waals surface area contributed by atoms with Crippen molar-refractivity contribution in [1.29, 1.82) is 0 Å². The summed E-state index contributed by atoms with van der Waals surface area (Å²) in [6.07, 6.45) is 0. The summed E-state index contributed by atoms with van der Waals surface area (Å²) in [4.78, 5) is 2.00. The summed E-state index contributed by atoms with van der Waals surface area (Å²) in [5, 5.41) is 9.11. The Labute approximate surface area is 96.6 Å². The number of ether oxygens (including phenoxy) is 1. The number of rotatable bonds is 5. The number of hydrogen-bond donors (Lipinski definition) is 2. The van der Waals surface area contributed by atoms with Crippen molar-refractivity contribution in [3.8, 4) is 5.75 Å². The van der Waals surface area contributed by atoms with E-state index in [2.05, 4.69) is 0 Å². The monoisotopic (exact) mass is 224 g/mol. The molecule has 0 amide bonds.